The molecular weight excluding hydrogens is 186 g/mol. The minimum Gasteiger partial charge on any atom is -0.299 e. The van der Waals surface area contributed by atoms with E-state index in [9.17, 15) is 0 Å². The summed E-state index contributed by atoms with van der Waals surface area (Å²) < 4.78 is 1.79. The predicted octanol–water partition coefficient (Wildman–Crippen LogP) is 2.44. The number of nitrogens with one attached hydrogen (secondary N) is 1. The van der Waals surface area contributed by atoms with Gasteiger partial charge in [-0.1, -0.05) is 0 Å². The average Bonchev–Trinajstić information content (AvgIpc) is 2.71. The van der Waals surface area contributed by atoms with Gasteiger partial charge in [-0.15, -0.1) is 0 Å². The molecule has 66 valence electrons. The summed E-state index contributed by atoms with van der Waals surface area (Å²) >= 11 is 5.43. The van der Waals surface area contributed by atoms with Crippen molar-refractivity contribution >= 4 is 17.5 Å². The van der Waals surface area contributed by atoms with Gasteiger partial charge in [-0.05, 0) is 30.3 Å². The number of rotatable bonds is 2. The van der Waals surface area contributed by atoms with Crippen LogP contribution in [-0.2, 0) is 0 Å². The molecule has 13 heavy (non-hydrogen) atoms. The molecule has 0 atom stereocenters. The highest BCUT2D eigenvalue weighted by Crippen LogP contribution is 2.12. The van der Waals surface area contributed by atoms with Crippen LogP contribution in [0.25, 0.3) is 5.69 Å². The topological polar surface area (TPSA) is 29.9 Å². The largest absolute Gasteiger partial charge is 0.299 e. The summed E-state index contributed by atoms with van der Waals surface area (Å²) in [5.41, 5.74) is 1.89. The van der Waals surface area contributed by atoms with Crippen LogP contribution < -0.4 is 4.84 Å². The highest BCUT2D eigenvalue weighted by Gasteiger charge is 1.94. The minimum atomic E-state index is 0.873. The molecule has 0 aliphatic heterocycles. The third-order valence-corrected chi connectivity index (χ3v) is 1.96. The third-order valence-electron chi connectivity index (χ3n) is 1.75. The maximum absolute atomic E-state index is 5.43. The average molecular weight is 194 g/mol. The number of anilines is 1. The van der Waals surface area contributed by atoms with Crippen LogP contribution in [0, 0.1) is 0 Å². The first-order chi connectivity index (χ1) is 6.40. The van der Waals surface area contributed by atoms with E-state index in [-0.39, 0.29) is 0 Å². The first-order valence-electron chi connectivity index (χ1n) is 3.87. The van der Waals surface area contributed by atoms with Gasteiger partial charge < -0.3 is 0 Å². The lowest BCUT2D eigenvalue weighted by Crippen LogP contribution is -1.93. The lowest BCUT2D eigenvalue weighted by Gasteiger charge is -2.01. The molecule has 1 aromatic heterocycles. The second kappa shape index (κ2) is 3.49. The number of halogens is 1. The van der Waals surface area contributed by atoms with Crippen molar-refractivity contribution in [2.45, 2.75) is 0 Å². The van der Waals surface area contributed by atoms with Gasteiger partial charge in [-0.2, -0.15) is 5.10 Å². The molecule has 4 heteroatoms. The first-order valence-corrected chi connectivity index (χ1v) is 4.24. The Kier molecular flexibility index (Phi) is 2.19. The molecule has 1 aromatic carbocycles. The molecular formula is C9H8ClN3. The van der Waals surface area contributed by atoms with Crippen molar-refractivity contribution < 1.29 is 0 Å². The molecule has 2 rings (SSSR count). The second-order valence-corrected chi connectivity index (χ2v) is 2.78. The van der Waals surface area contributed by atoms with Crippen LogP contribution in [0.2, 0.25) is 0 Å². The summed E-state index contributed by atoms with van der Waals surface area (Å²) in [6, 6.07) is 9.55. The summed E-state index contributed by atoms with van der Waals surface area (Å²) in [4.78, 5) is 2.54. The molecule has 0 aliphatic rings. The Morgan fingerprint density at radius 2 is 2.00 bits per heavy atom. The molecule has 0 bridgehead atoms. The van der Waals surface area contributed by atoms with Crippen molar-refractivity contribution in [3.05, 3.63) is 42.7 Å². The van der Waals surface area contributed by atoms with Crippen molar-refractivity contribution in [1.29, 1.82) is 0 Å². The first kappa shape index (κ1) is 8.13. The standard InChI is InChI=1S/C9H8ClN3/c10-12-8-2-4-9(5-3-8)13-7-1-6-11-13/h1-7,12H. The molecule has 0 aliphatic carbocycles. The summed E-state index contributed by atoms with van der Waals surface area (Å²) in [6.07, 6.45) is 3.64. The van der Waals surface area contributed by atoms with Gasteiger partial charge in [0.05, 0.1) is 5.69 Å². The normalized spacial score (nSPS) is 9.92. The van der Waals surface area contributed by atoms with Gasteiger partial charge in [-0.25, -0.2) is 4.68 Å². The van der Waals surface area contributed by atoms with E-state index in [0.717, 1.165) is 11.4 Å². The zero-order valence-electron chi connectivity index (χ0n) is 6.81. The van der Waals surface area contributed by atoms with Crippen molar-refractivity contribution in [3.63, 3.8) is 0 Å². The fourth-order valence-electron chi connectivity index (χ4n) is 1.10. The number of nitrogens with zero attached hydrogens (tertiary/aromatic N) is 2. The van der Waals surface area contributed by atoms with E-state index in [0.29, 0.717) is 0 Å². The van der Waals surface area contributed by atoms with Gasteiger partial charge in [-0.3, -0.25) is 4.84 Å². The maximum Gasteiger partial charge on any atom is 0.0647 e. The second-order valence-electron chi connectivity index (χ2n) is 2.59. The van der Waals surface area contributed by atoms with Crippen molar-refractivity contribution in [2.75, 3.05) is 4.84 Å². The van der Waals surface area contributed by atoms with Gasteiger partial charge >= 0.3 is 0 Å². The van der Waals surface area contributed by atoms with E-state index in [4.69, 9.17) is 11.8 Å². The van der Waals surface area contributed by atoms with Crippen LogP contribution in [0.15, 0.2) is 42.7 Å². The van der Waals surface area contributed by atoms with E-state index in [1.165, 1.54) is 0 Å². The number of hydrogen-bond donors (Lipinski definition) is 1. The minimum absolute atomic E-state index is 0.873. The lowest BCUT2D eigenvalue weighted by molar-refractivity contribution is 0.881. The van der Waals surface area contributed by atoms with Gasteiger partial charge in [0.15, 0.2) is 0 Å². The van der Waals surface area contributed by atoms with Crippen LogP contribution >= 0.6 is 11.8 Å². The Hall–Kier alpha value is -1.48. The molecule has 0 fully saturated rings. The molecule has 0 radical (unpaired) electrons. The van der Waals surface area contributed by atoms with Crippen molar-refractivity contribution in [1.82, 2.24) is 9.78 Å². The lowest BCUT2D eigenvalue weighted by atomic mass is 10.3. The molecule has 0 unspecified atom stereocenters. The Labute approximate surface area is 81.1 Å². The van der Waals surface area contributed by atoms with E-state index in [1.54, 1.807) is 10.9 Å². The fourth-order valence-corrected chi connectivity index (χ4v) is 1.22. The summed E-state index contributed by atoms with van der Waals surface area (Å²) in [5, 5.41) is 4.11. The molecule has 0 saturated heterocycles. The summed E-state index contributed by atoms with van der Waals surface area (Å²) in [6.45, 7) is 0. The number of aromatic nitrogens is 2. The van der Waals surface area contributed by atoms with E-state index < -0.39 is 0 Å². The molecule has 2 aromatic rings. The van der Waals surface area contributed by atoms with Crippen LogP contribution in [0.3, 0.4) is 0 Å². The zero-order valence-corrected chi connectivity index (χ0v) is 7.57. The zero-order chi connectivity index (χ0) is 9.10. The highest BCUT2D eigenvalue weighted by atomic mass is 35.5. The third kappa shape index (κ3) is 1.65. The Morgan fingerprint density at radius 3 is 2.54 bits per heavy atom. The van der Waals surface area contributed by atoms with Crippen LogP contribution in [0.1, 0.15) is 0 Å². The summed E-state index contributed by atoms with van der Waals surface area (Å²) in [5.74, 6) is 0. The molecule has 0 saturated carbocycles. The van der Waals surface area contributed by atoms with Crippen LogP contribution in [-0.4, -0.2) is 9.78 Å². The van der Waals surface area contributed by atoms with Crippen LogP contribution in [0.5, 0.6) is 0 Å². The quantitative estimate of drug-likeness (QED) is 0.743. The maximum atomic E-state index is 5.43. The Balaban J connectivity index is 2.33. The van der Waals surface area contributed by atoms with Gasteiger partial charge in [0.2, 0.25) is 0 Å². The molecule has 0 amide bonds. The van der Waals surface area contributed by atoms with Crippen molar-refractivity contribution in [2.24, 2.45) is 0 Å². The van der Waals surface area contributed by atoms with Gasteiger partial charge in [0, 0.05) is 29.9 Å². The Bertz CT molecular complexity index is 366. The van der Waals surface area contributed by atoms with Gasteiger partial charge in [0.25, 0.3) is 0 Å². The Morgan fingerprint density at radius 1 is 1.23 bits per heavy atom. The van der Waals surface area contributed by atoms with Gasteiger partial charge in [0.1, 0.15) is 0 Å². The number of hydrogen-bond acceptors (Lipinski definition) is 2. The highest BCUT2D eigenvalue weighted by molar-refractivity contribution is 6.23. The van der Waals surface area contributed by atoms with E-state index in [1.807, 2.05) is 36.5 Å². The fraction of sp³-hybridized carbons (Fsp3) is 0. The van der Waals surface area contributed by atoms with E-state index >= 15 is 0 Å². The molecule has 0 spiro atoms. The smallest absolute Gasteiger partial charge is 0.0647 e. The number of benzene rings is 1. The monoisotopic (exact) mass is 193 g/mol. The molecule has 3 nitrogen and oxygen atoms in total. The van der Waals surface area contributed by atoms with Crippen molar-refractivity contribution in [3.8, 4) is 5.69 Å². The predicted molar refractivity (Wildman–Crippen MR) is 53.0 cm³/mol. The van der Waals surface area contributed by atoms with Crippen LogP contribution in [0.4, 0.5) is 5.69 Å². The molecule has 1 N–H and O–H groups in total. The SMILES string of the molecule is ClNc1ccc(-n2cccn2)cc1. The van der Waals surface area contributed by atoms with E-state index in [2.05, 4.69) is 9.93 Å². The summed E-state index contributed by atoms with van der Waals surface area (Å²) in [7, 11) is 0. The molecule has 1 heterocycles.